The first kappa shape index (κ1) is 15.1. The van der Waals surface area contributed by atoms with Crippen LogP contribution in [0.3, 0.4) is 0 Å². The first-order chi connectivity index (χ1) is 9.67. The molecule has 0 bridgehead atoms. The van der Waals surface area contributed by atoms with Gasteiger partial charge in [0.25, 0.3) is 5.91 Å². The van der Waals surface area contributed by atoms with Crippen molar-refractivity contribution in [2.75, 3.05) is 18.4 Å². The predicted molar refractivity (Wildman–Crippen MR) is 82.4 cm³/mol. The predicted octanol–water partition coefficient (Wildman–Crippen LogP) is 3.57. The van der Waals surface area contributed by atoms with Crippen LogP contribution in [0.2, 0.25) is 5.02 Å². The van der Waals surface area contributed by atoms with E-state index in [0.29, 0.717) is 22.4 Å². The summed E-state index contributed by atoms with van der Waals surface area (Å²) in [5, 5.41) is 3.55. The largest absolute Gasteiger partial charge is 0.370 e. The number of piperidine rings is 1. The molecule has 0 aromatic carbocycles. The van der Waals surface area contributed by atoms with Crippen molar-refractivity contribution in [3.05, 3.63) is 22.8 Å². The quantitative estimate of drug-likeness (QED) is 0.923. The lowest BCUT2D eigenvalue weighted by atomic mass is 9.99. The second kappa shape index (κ2) is 6.93. The highest BCUT2D eigenvalue weighted by Gasteiger charge is 2.27. The average Bonchev–Trinajstić information content (AvgIpc) is 2.48. The number of aromatic nitrogens is 1. The Morgan fingerprint density at radius 3 is 3.00 bits per heavy atom. The maximum Gasteiger partial charge on any atom is 0.255 e. The van der Waals surface area contributed by atoms with Gasteiger partial charge in [-0.05, 0) is 38.7 Å². The van der Waals surface area contributed by atoms with Crippen molar-refractivity contribution in [3.8, 4) is 0 Å². The van der Waals surface area contributed by atoms with Gasteiger partial charge in [0.05, 0.1) is 10.6 Å². The summed E-state index contributed by atoms with van der Waals surface area (Å²) in [5.41, 5.74) is 0.554. The Bertz CT molecular complexity index is 478. The summed E-state index contributed by atoms with van der Waals surface area (Å²) in [4.78, 5) is 18.9. The molecule has 0 aliphatic carbocycles. The Morgan fingerprint density at radius 2 is 2.30 bits per heavy atom. The molecule has 1 aromatic heterocycles. The molecular formula is C15H22ClN3O. The molecule has 1 aliphatic heterocycles. The lowest BCUT2D eigenvalue weighted by molar-refractivity contribution is 0.0608. The third-order valence-corrected chi connectivity index (χ3v) is 4.10. The molecule has 1 atom stereocenters. The minimum absolute atomic E-state index is 0.0307. The molecule has 0 radical (unpaired) electrons. The molecule has 20 heavy (non-hydrogen) atoms. The van der Waals surface area contributed by atoms with E-state index in [2.05, 4.69) is 17.2 Å². The summed E-state index contributed by atoms with van der Waals surface area (Å²) in [6.45, 7) is 5.72. The van der Waals surface area contributed by atoms with Crippen LogP contribution < -0.4 is 5.32 Å². The van der Waals surface area contributed by atoms with Crippen LogP contribution in [0, 0.1) is 0 Å². The minimum Gasteiger partial charge on any atom is -0.370 e. The second-order valence-electron chi connectivity index (χ2n) is 5.14. The van der Waals surface area contributed by atoms with Crippen molar-refractivity contribution < 1.29 is 4.79 Å². The van der Waals surface area contributed by atoms with Crippen LogP contribution in [0.25, 0.3) is 0 Å². The number of halogens is 1. The maximum absolute atomic E-state index is 12.7. The van der Waals surface area contributed by atoms with Crippen molar-refractivity contribution in [3.63, 3.8) is 0 Å². The first-order valence-corrected chi connectivity index (χ1v) is 7.75. The lowest BCUT2D eigenvalue weighted by Gasteiger charge is -2.35. The zero-order valence-corrected chi connectivity index (χ0v) is 12.9. The van der Waals surface area contributed by atoms with Crippen LogP contribution in [0.5, 0.6) is 0 Å². The number of anilines is 1. The van der Waals surface area contributed by atoms with E-state index < -0.39 is 0 Å². The van der Waals surface area contributed by atoms with Crippen LogP contribution in [0.4, 0.5) is 5.82 Å². The number of likely N-dealkylation sites (tertiary alicyclic amines) is 1. The Balaban J connectivity index is 2.24. The van der Waals surface area contributed by atoms with Crippen molar-refractivity contribution in [2.45, 2.75) is 45.6 Å². The Labute approximate surface area is 125 Å². The fourth-order valence-electron chi connectivity index (χ4n) is 2.73. The van der Waals surface area contributed by atoms with Crippen molar-refractivity contribution in [1.82, 2.24) is 9.88 Å². The molecule has 110 valence electrons. The summed E-state index contributed by atoms with van der Waals surface area (Å²) in [7, 11) is 0. The highest BCUT2D eigenvalue weighted by molar-refractivity contribution is 6.33. The van der Waals surface area contributed by atoms with Crippen molar-refractivity contribution >= 4 is 23.3 Å². The molecular weight excluding hydrogens is 274 g/mol. The molecule has 0 saturated carbocycles. The van der Waals surface area contributed by atoms with Gasteiger partial charge in [-0.25, -0.2) is 4.98 Å². The van der Waals surface area contributed by atoms with Crippen LogP contribution in [0.15, 0.2) is 12.3 Å². The Kier molecular flexibility index (Phi) is 5.24. The van der Waals surface area contributed by atoms with Crippen LogP contribution in [-0.4, -0.2) is 34.9 Å². The van der Waals surface area contributed by atoms with Gasteiger partial charge in [0.2, 0.25) is 0 Å². The van der Waals surface area contributed by atoms with Gasteiger partial charge in [0, 0.05) is 25.3 Å². The number of nitrogens with zero attached hydrogens (tertiary/aromatic N) is 2. The maximum atomic E-state index is 12.7. The lowest BCUT2D eigenvalue weighted by Crippen LogP contribution is -2.43. The second-order valence-corrected chi connectivity index (χ2v) is 5.54. The molecule has 1 saturated heterocycles. The van der Waals surface area contributed by atoms with Gasteiger partial charge in [0.1, 0.15) is 5.82 Å². The minimum atomic E-state index is 0.0307. The molecule has 1 fully saturated rings. The molecule has 1 aliphatic rings. The first-order valence-electron chi connectivity index (χ1n) is 7.37. The fourth-order valence-corrected chi connectivity index (χ4v) is 2.91. The number of rotatable bonds is 4. The van der Waals surface area contributed by atoms with Crippen molar-refractivity contribution in [2.24, 2.45) is 0 Å². The van der Waals surface area contributed by atoms with Gasteiger partial charge in [0.15, 0.2) is 0 Å². The summed E-state index contributed by atoms with van der Waals surface area (Å²) >= 11 is 6.16. The highest BCUT2D eigenvalue weighted by Crippen LogP contribution is 2.25. The standard InChI is InChI=1S/C15H22ClN3O/c1-3-11-7-5-6-8-19(11)15(20)12-9-14(17-4-2)18-10-13(12)16/h9-11H,3-8H2,1-2H3,(H,17,18). The van der Waals surface area contributed by atoms with Crippen LogP contribution in [-0.2, 0) is 0 Å². The van der Waals surface area contributed by atoms with E-state index in [-0.39, 0.29) is 5.91 Å². The normalized spacial score (nSPS) is 18.9. The number of carbonyl (C=O) groups is 1. The number of hydrogen-bond donors (Lipinski definition) is 1. The van der Waals surface area contributed by atoms with Crippen LogP contribution in [0.1, 0.15) is 49.9 Å². The molecule has 2 heterocycles. The van der Waals surface area contributed by atoms with E-state index in [1.54, 1.807) is 12.3 Å². The topological polar surface area (TPSA) is 45.2 Å². The van der Waals surface area contributed by atoms with Gasteiger partial charge in [-0.1, -0.05) is 18.5 Å². The number of amides is 1. The van der Waals surface area contributed by atoms with E-state index in [9.17, 15) is 4.79 Å². The summed E-state index contributed by atoms with van der Waals surface area (Å²) in [6, 6.07) is 2.10. The van der Waals surface area contributed by atoms with E-state index in [1.165, 1.54) is 6.42 Å². The number of carbonyl (C=O) groups excluding carboxylic acids is 1. The molecule has 4 nitrogen and oxygen atoms in total. The van der Waals surface area contributed by atoms with Gasteiger partial charge in [-0.2, -0.15) is 0 Å². The van der Waals surface area contributed by atoms with E-state index in [0.717, 1.165) is 32.4 Å². The van der Waals surface area contributed by atoms with Gasteiger partial charge in [-0.15, -0.1) is 0 Å². The SMILES string of the molecule is CCNc1cc(C(=O)N2CCCCC2CC)c(Cl)cn1. The van der Waals surface area contributed by atoms with Crippen LogP contribution >= 0.6 is 11.6 Å². The number of pyridine rings is 1. The Hall–Kier alpha value is -1.29. The molecule has 0 spiro atoms. The number of hydrogen-bond acceptors (Lipinski definition) is 3. The van der Waals surface area contributed by atoms with E-state index >= 15 is 0 Å². The van der Waals surface area contributed by atoms with E-state index in [1.807, 2.05) is 11.8 Å². The van der Waals surface area contributed by atoms with Gasteiger partial charge in [-0.3, -0.25) is 4.79 Å². The smallest absolute Gasteiger partial charge is 0.255 e. The van der Waals surface area contributed by atoms with Gasteiger partial charge < -0.3 is 10.2 Å². The summed E-state index contributed by atoms with van der Waals surface area (Å²) in [5.74, 6) is 0.730. The molecule has 1 amide bonds. The fraction of sp³-hybridized carbons (Fsp3) is 0.600. The third kappa shape index (κ3) is 3.23. The molecule has 5 heteroatoms. The number of nitrogens with one attached hydrogen (secondary N) is 1. The van der Waals surface area contributed by atoms with E-state index in [4.69, 9.17) is 11.6 Å². The van der Waals surface area contributed by atoms with Gasteiger partial charge >= 0.3 is 0 Å². The zero-order chi connectivity index (χ0) is 14.5. The molecule has 1 unspecified atom stereocenters. The summed E-state index contributed by atoms with van der Waals surface area (Å²) in [6.07, 6.45) is 5.91. The Morgan fingerprint density at radius 1 is 1.50 bits per heavy atom. The average molecular weight is 296 g/mol. The molecule has 2 rings (SSSR count). The molecule has 1 N–H and O–H groups in total. The molecule has 1 aromatic rings. The zero-order valence-electron chi connectivity index (χ0n) is 12.2. The van der Waals surface area contributed by atoms with Crippen molar-refractivity contribution in [1.29, 1.82) is 0 Å². The summed E-state index contributed by atoms with van der Waals surface area (Å²) < 4.78 is 0. The monoisotopic (exact) mass is 295 g/mol. The highest BCUT2D eigenvalue weighted by atomic mass is 35.5. The third-order valence-electron chi connectivity index (χ3n) is 3.80.